The second-order valence-corrected chi connectivity index (χ2v) is 8.00. The Morgan fingerprint density at radius 1 is 1.20 bits per heavy atom. The number of carboxylic acid groups (broad SMARTS) is 1. The number of carboxylic acids is 1. The van der Waals surface area contributed by atoms with Gasteiger partial charge in [-0.05, 0) is 24.6 Å². The summed E-state index contributed by atoms with van der Waals surface area (Å²) >= 11 is 6.28. The first-order valence-corrected chi connectivity index (χ1v) is 9.99. The molecule has 2 heterocycles. The molecule has 1 N–H and O–H groups in total. The van der Waals surface area contributed by atoms with E-state index < -0.39 is 23.6 Å². The van der Waals surface area contributed by atoms with E-state index in [0.29, 0.717) is 24.5 Å². The molecule has 0 radical (unpaired) electrons. The lowest BCUT2D eigenvalue weighted by atomic mass is 9.73. The molecule has 0 aromatic heterocycles. The van der Waals surface area contributed by atoms with Crippen molar-refractivity contribution in [3.05, 3.63) is 81.8 Å². The minimum absolute atomic E-state index is 0.0400. The lowest BCUT2D eigenvalue weighted by Gasteiger charge is -2.37. The predicted octanol–water partition coefficient (Wildman–Crippen LogP) is 4.08. The van der Waals surface area contributed by atoms with Gasteiger partial charge < -0.3 is 5.11 Å². The van der Waals surface area contributed by atoms with E-state index in [1.165, 1.54) is 18.2 Å². The quantitative estimate of drug-likeness (QED) is 0.799. The molecule has 4 rings (SSSR count). The lowest BCUT2D eigenvalue weighted by Crippen LogP contribution is -2.44. The Bertz CT molecular complexity index is 1060. The fraction of sp³-hybridized carbons (Fsp3) is 0.261. The molecule has 0 fully saturated rings. The van der Waals surface area contributed by atoms with Crippen LogP contribution in [0.15, 0.2) is 64.8 Å². The van der Waals surface area contributed by atoms with Crippen LogP contribution in [0.2, 0.25) is 5.02 Å². The Morgan fingerprint density at radius 2 is 1.93 bits per heavy atom. The number of aliphatic carboxylic acids is 1. The summed E-state index contributed by atoms with van der Waals surface area (Å²) in [7, 11) is 0. The third-order valence-corrected chi connectivity index (χ3v) is 5.91. The maximum absolute atomic E-state index is 14.8. The molecule has 0 saturated carbocycles. The summed E-state index contributed by atoms with van der Waals surface area (Å²) in [5, 5.41) is 9.96. The zero-order valence-corrected chi connectivity index (χ0v) is 17.1. The van der Waals surface area contributed by atoms with Gasteiger partial charge in [0.1, 0.15) is 11.7 Å². The predicted molar refractivity (Wildman–Crippen MR) is 112 cm³/mol. The Balaban J connectivity index is 1.79. The van der Waals surface area contributed by atoms with Crippen molar-refractivity contribution in [2.24, 2.45) is 10.9 Å². The molecule has 2 aromatic rings. The molecule has 0 bridgehead atoms. The van der Waals surface area contributed by atoms with E-state index in [-0.39, 0.29) is 28.5 Å². The number of hydrogen-bond donors (Lipinski definition) is 1. The molecular weight excluding hydrogens is 407 g/mol. The Hall–Kier alpha value is -2.83. The van der Waals surface area contributed by atoms with Crippen LogP contribution < -0.4 is 0 Å². The first kappa shape index (κ1) is 20.4. The van der Waals surface area contributed by atoms with E-state index in [1.807, 2.05) is 35.2 Å². The SMILES string of the molecule is CC1=NC2=C(C(=O)CN(Cc3ccccc3)C2)C(c2c(F)cccc2Cl)C1C(=O)O. The number of ketones is 1. The van der Waals surface area contributed by atoms with Crippen LogP contribution in [0.5, 0.6) is 0 Å². The van der Waals surface area contributed by atoms with Gasteiger partial charge in [-0.25, -0.2) is 4.39 Å². The van der Waals surface area contributed by atoms with Gasteiger partial charge in [0.15, 0.2) is 5.78 Å². The van der Waals surface area contributed by atoms with Gasteiger partial charge >= 0.3 is 5.97 Å². The Kier molecular flexibility index (Phi) is 5.54. The number of aliphatic imine (C=N–C) groups is 1. The Morgan fingerprint density at radius 3 is 2.60 bits per heavy atom. The minimum atomic E-state index is -1.16. The molecule has 30 heavy (non-hydrogen) atoms. The fourth-order valence-electron chi connectivity index (χ4n) is 4.33. The monoisotopic (exact) mass is 426 g/mol. The second kappa shape index (κ2) is 8.13. The van der Waals surface area contributed by atoms with Gasteiger partial charge in [0.25, 0.3) is 0 Å². The highest BCUT2D eigenvalue weighted by molar-refractivity contribution is 6.31. The van der Waals surface area contributed by atoms with Crippen LogP contribution in [0.25, 0.3) is 0 Å². The summed E-state index contributed by atoms with van der Waals surface area (Å²) in [5.41, 5.74) is 2.17. The van der Waals surface area contributed by atoms with Crippen molar-refractivity contribution in [2.45, 2.75) is 19.4 Å². The summed E-state index contributed by atoms with van der Waals surface area (Å²) < 4.78 is 14.8. The third-order valence-electron chi connectivity index (χ3n) is 5.58. The van der Waals surface area contributed by atoms with Crippen molar-refractivity contribution in [3.63, 3.8) is 0 Å². The topological polar surface area (TPSA) is 70.0 Å². The number of carbonyl (C=O) groups is 2. The lowest BCUT2D eigenvalue weighted by molar-refractivity contribution is -0.139. The molecule has 154 valence electrons. The smallest absolute Gasteiger partial charge is 0.313 e. The Labute approximate surface area is 178 Å². The van der Waals surface area contributed by atoms with Crippen LogP contribution in [0, 0.1) is 11.7 Å². The van der Waals surface area contributed by atoms with Crippen LogP contribution in [0.4, 0.5) is 4.39 Å². The molecule has 2 unspecified atom stereocenters. The first-order valence-electron chi connectivity index (χ1n) is 9.61. The summed E-state index contributed by atoms with van der Waals surface area (Å²) in [4.78, 5) is 31.7. The molecule has 2 atom stereocenters. The van der Waals surface area contributed by atoms with E-state index in [1.54, 1.807) is 6.92 Å². The van der Waals surface area contributed by atoms with Crippen LogP contribution in [-0.4, -0.2) is 40.6 Å². The van der Waals surface area contributed by atoms with Crippen LogP contribution >= 0.6 is 11.6 Å². The number of halogens is 2. The second-order valence-electron chi connectivity index (χ2n) is 7.60. The maximum Gasteiger partial charge on any atom is 0.313 e. The van der Waals surface area contributed by atoms with Gasteiger partial charge in [-0.1, -0.05) is 48.0 Å². The van der Waals surface area contributed by atoms with E-state index in [9.17, 15) is 19.1 Å². The first-order chi connectivity index (χ1) is 14.4. The van der Waals surface area contributed by atoms with E-state index in [4.69, 9.17) is 11.6 Å². The molecule has 0 spiro atoms. The molecular formula is C23H20ClFN2O3. The number of carbonyl (C=O) groups excluding carboxylic acids is 1. The van der Waals surface area contributed by atoms with E-state index in [2.05, 4.69) is 4.99 Å². The summed E-state index contributed by atoms with van der Waals surface area (Å²) in [6, 6.07) is 13.9. The van der Waals surface area contributed by atoms with Gasteiger partial charge in [-0.2, -0.15) is 0 Å². The highest BCUT2D eigenvalue weighted by atomic mass is 35.5. The minimum Gasteiger partial charge on any atom is -0.481 e. The number of nitrogens with zero attached hydrogens (tertiary/aromatic N) is 2. The highest BCUT2D eigenvalue weighted by Gasteiger charge is 2.45. The molecule has 0 aliphatic carbocycles. The normalized spacial score (nSPS) is 22.0. The molecule has 7 heteroatoms. The van der Waals surface area contributed by atoms with Gasteiger partial charge in [0, 0.05) is 40.9 Å². The van der Waals surface area contributed by atoms with Crippen molar-refractivity contribution < 1.29 is 19.1 Å². The zero-order valence-electron chi connectivity index (χ0n) is 16.3. The van der Waals surface area contributed by atoms with Crippen molar-refractivity contribution >= 4 is 29.1 Å². The number of rotatable bonds is 4. The molecule has 2 aliphatic rings. The highest BCUT2D eigenvalue weighted by Crippen LogP contribution is 2.44. The maximum atomic E-state index is 14.8. The van der Waals surface area contributed by atoms with Gasteiger partial charge in [-0.3, -0.25) is 19.5 Å². The molecule has 0 amide bonds. The number of benzene rings is 2. The van der Waals surface area contributed by atoms with Crippen LogP contribution in [0.1, 0.15) is 24.0 Å². The van der Waals surface area contributed by atoms with Crippen molar-refractivity contribution in [3.8, 4) is 0 Å². The summed E-state index contributed by atoms with van der Waals surface area (Å²) in [6.07, 6.45) is 0. The van der Waals surface area contributed by atoms with Crippen molar-refractivity contribution in [1.82, 2.24) is 4.90 Å². The summed E-state index contributed by atoms with van der Waals surface area (Å²) in [6.45, 7) is 2.65. The number of hydrogen-bond acceptors (Lipinski definition) is 4. The molecule has 5 nitrogen and oxygen atoms in total. The molecule has 2 aliphatic heterocycles. The van der Waals surface area contributed by atoms with Crippen LogP contribution in [0.3, 0.4) is 0 Å². The van der Waals surface area contributed by atoms with Gasteiger partial charge in [-0.15, -0.1) is 0 Å². The number of Topliss-reactive ketones (excluding diaryl/α,β-unsaturated/α-hetero) is 1. The largest absolute Gasteiger partial charge is 0.481 e. The zero-order chi connectivity index (χ0) is 21.4. The average Bonchev–Trinajstić information content (AvgIpc) is 2.67. The molecule has 0 saturated heterocycles. The average molecular weight is 427 g/mol. The standard InChI is InChI=1S/C23H20ClFN2O3/c1-13-19(23(29)30)22(20-15(24)8-5-9-16(20)25)21-17(26-13)11-27(12-18(21)28)10-14-6-3-2-4-7-14/h2-9,19,22H,10-12H2,1H3,(H,29,30). The van der Waals surface area contributed by atoms with Crippen molar-refractivity contribution in [1.29, 1.82) is 0 Å². The fourth-order valence-corrected chi connectivity index (χ4v) is 4.61. The van der Waals surface area contributed by atoms with Crippen LogP contribution in [-0.2, 0) is 16.1 Å². The molecule has 2 aromatic carbocycles. The van der Waals surface area contributed by atoms with Gasteiger partial charge in [0.2, 0.25) is 0 Å². The van der Waals surface area contributed by atoms with Gasteiger partial charge in [0.05, 0.1) is 12.2 Å². The summed E-state index contributed by atoms with van der Waals surface area (Å²) in [5.74, 6) is -4.19. The van der Waals surface area contributed by atoms with Crippen molar-refractivity contribution in [2.75, 3.05) is 13.1 Å². The van der Waals surface area contributed by atoms with E-state index in [0.717, 1.165) is 5.56 Å². The third kappa shape index (κ3) is 3.68. The van der Waals surface area contributed by atoms with E-state index >= 15 is 0 Å².